The highest BCUT2D eigenvalue weighted by Crippen LogP contribution is 2.26. The molecule has 0 aromatic carbocycles. The molecule has 0 amide bonds. The number of hydrogen-bond donors (Lipinski definition) is 1. The second-order valence-corrected chi connectivity index (χ2v) is 4.29. The first-order chi connectivity index (χ1) is 7.31. The van der Waals surface area contributed by atoms with Gasteiger partial charge in [-0.15, -0.1) is 0 Å². The molecule has 1 aliphatic rings. The van der Waals surface area contributed by atoms with E-state index < -0.39 is 0 Å². The van der Waals surface area contributed by atoms with Crippen molar-refractivity contribution in [2.24, 2.45) is 11.7 Å². The summed E-state index contributed by atoms with van der Waals surface area (Å²) in [7, 11) is 0. The standard InChI is InChI=1S/C10H15ClN4/c11-9-5-13-7-14-10(9)15-3-1-2-8(4-12)6-15/h5,7-8H,1-4,6,12H2. The minimum absolute atomic E-state index is 0.560. The first-order valence-electron chi connectivity index (χ1n) is 5.21. The number of piperidine rings is 1. The van der Waals surface area contributed by atoms with E-state index in [4.69, 9.17) is 17.3 Å². The summed E-state index contributed by atoms with van der Waals surface area (Å²) in [6, 6.07) is 0. The molecule has 0 radical (unpaired) electrons. The Hall–Kier alpha value is -0.870. The number of nitrogens with zero attached hydrogens (tertiary/aromatic N) is 3. The molecule has 1 aliphatic heterocycles. The van der Waals surface area contributed by atoms with Gasteiger partial charge in [0.25, 0.3) is 0 Å². The third-order valence-electron chi connectivity index (χ3n) is 2.80. The molecule has 1 saturated heterocycles. The molecule has 82 valence electrons. The Kier molecular flexibility index (Phi) is 3.38. The van der Waals surface area contributed by atoms with Gasteiger partial charge < -0.3 is 10.6 Å². The fourth-order valence-electron chi connectivity index (χ4n) is 1.99. The fraction of sp³-hybridized carbons (Fsp3) is 0.600. The van der Waals surface area contributed by atoms with E-state index in [2.05, 4.69) is 14.9 Å². The molecule has 0 aliphatic carbocycles. The van der Waals surface area contributed by atoms with Crippen LogP contribution >= 0.6 is 11.6 Å². The van der Waals surface area contributed by atoms with E-state index in [1.54, 1.807) is 6.20 Å². The Morgan fingerprint density at radius 3 is 3.20 bits per heavy atom. The first kappa shape index (κ1) is 10.6. The molecule has 15 heavy (non-hydrogen) atoms. The monoisotopic (exact) mass is 226 g/mol. The van der Waals surface area contributed by atoms with Crippen LogP contribution in [0.15, 0.2) is 12.5 Å². The number of nitrogens with two attached hydrogens (primary N) is 1. The van der Waals surface area contributed by atoms with Crippen LogP contribution in [0.4, 0.5) is 5.82 Å². The molecule has 1 aromatic rings. The SMILES string of the molecule is NCC1CCCN(c2ncncc2Cl)C1. The van der Waals surface area contributed by atoms with E-state index in [9.17, 15) is 0 Å². The molecule has 1 aromatic heterocycles. The van der Waals surface area contributed by atoms with Crippen molar-refractivity contribution < 1.29 is 0 Å². The Morgan fingerprint density at radius 1 is 1.60 bits per heavy atom. The summed E-state index contributed by atoms with van der Waals surface area (Å²) >= 11 is 6.05. The summed E-state index contributed by atoms with van der Waals surface area (Å²) in [5.74, 6) is 1.40. The van der Waals surface area contributed by atoms with E-state index in [-0.39, 0.29) is 0 Å². The zero-order valence-electron chi connectivity index (χ0n) is 8.56. The average Bonchev–Trinajstić information content (AvgIpc) is 2.30. The summed E-state index contributed by atoms with van der Waals surface area (Å²) in [5, 5.41) is 0.621. The second-order valence-electron chi connectivity index (χ2n) is 3.88. The maximum atomic E-state index is 6.05. The third kappa shape index (κ3) is 2.38. The molecule has 2 N–H and O–H groups in total. The molecular weight excluding hydrogens is 212 g/mol. The van der Waals surface area contributed by atoms with Gasteiger partial charge in [-0.05, 0) is 25.3 Å². The Balaban J connectivity index is 2.13. The van der Waals surface area contributed by atoms with Crippen LogP contribution in [-0.4, -0.2) is 29.6 Å². The van der Waals surface area contributed by atoms with E-state index >= 15 is 0 Å². The van der Waals surface area contributed by atoms with Crippen molar-refractivity contribution in [3.05, 3.63) is 17.5 Å². The molecule has 0 spiro atoms. The molecule has 1 fully saturated rings. The maximum absolute atomic E-state index is 6.05. The number of anilines is 1. The summed E-state index contributed by atoms with van der Waals surface area (Å²) in [6.07, 6.45) is 5.53. The molecule has 1 unspecified atom stereocenters. The van der Waals surface area contributed by atoms with Crippen molar-refractivity contribution in [3.8, 4) is 0 Å². The minimum atomic E-state index is 0.560. The zero-order chi connectivity index (χ0) is 10.7. The molecule has 0 saturated carbocycles. The van der Waals surface area contributed by atoms with Gasteiger partial charge in [0.1, 0.15) is 11.3 Å². The highest BCUT2D eigenvalue weighted by molar-refractivity contribution is 6.32. The van der Waals surface area contributed by atoms with E-state index in [1.165, 1.54) is 12.7 Å². The predicted octanol–water partition coefficient (Wildman–Crippen LogP) is 1.31. The van der Waals surface area contributed by atoms with Crippen LogP contribution in [0.1, 0.15) is 12.8 Å². The molecule has 0 bridgehead atoms. The normalized spacial score (nSPS) is 21.7. The van der Waals surface area contributed by atoms with Crippen LogP contribution in [0, 0.1) is 5.92 Å². The van der Waals surface area contributed by atoms with Crippen LogP contribution in [0.3, 0.4) is 0 Å². The van der Waals surface area contributed by atoms with Gasteiger partial charge in [0, 0.05) is 13.1 Å². The zero-order valence-corrected chi connectivity index (χ0v) is 9.32. The Labute approximate surface area is 94.5 Å². The van der Waals surface area contributed by atoms with Gasteiger partial charge in [-0.25, -0.2) is 9.97 Å². The van der Waals surface area contributed by atoms with Crippen molar-refractivity contribution in [1.29, 1.82) is 0 Å². The van der Waals surface area contributed by atoms with Crippen LogP contribution in [-0.2, 0) is 0 Å². The quantitative estimate of drug-likeness (QED) is 0.826. The van der Waals surface area contributed by atoms with Crippen molar-refractivity contribution in [3.63, 3.8) is 0 Å². The topological polar surface area (TPSA) is 55.0 Å². The predicted molar refractivity (Wildman–Crippen MR) is 61.0 cm³/mol. The number of hydrogen-bond acceptors (Lipinski definition) is 4. The molecule has 4 nitrogen and oxygen atoms in total. The van der Waals surface area contributed by atoms with Gasteiger partial charge in [-0.3, -0.25) is 0 Å². The summed E-state index contributed by atoms with van der Waals surface area (Å²) in [5.41, 5.74) is 5.69. The van der Waals surface area contributed by atoms with Gasteiger partial charge >= 0.3 is 0 Å². The van der Waals surface area contributed by atoms with E-state index in [0.717, 1.165) is 31.9 Å². The van der Waals surface area contributed by atoms with Gasteiger partial charge in [-0.1, -0.05) is 11.6 Å². The van der Waals surface area contributed by atoms with Crippen molar-refractivity contribution in [2.75, 3.05) is 24.5 Å². The summed E-state index contributed by atoms with van der Waals surface area (Å²) in [4.78, 5) is 10.3. The average molecular weight is 227 g/mol. The van der Waals surface area contributed by atoms with Crippen molar-refractivity contribution >= 4 is 17.4 Å². The lowest BCUT2D eigenvalue weighted by molar-refractivity contribution is 0.421. The summed E-state index contributed by atoms with van der Waals surface area (Å²) in [6.45, 7) is 2.69. The number of rotatable bonds is 2. The fourth-order valence-corrected chi connectivity index (χ4v) is 2.21. The van der Waals surface area contributed by atoms with Crippen LogP contribution in [0.2, 0.25) is 5.02 Å². The largest absolute Gasteiger partial charge is 0.355 e. The Bertz CT molecular complexity index is 331. The number of halogens is 1. The summed E-state index contributed by atoms with van der Waals surface area (Å²) < 4.78 is 0. The van der Waals surface area contributed by atoms with Crippen LogP contribution in [0.25, 0.3) is 0 Å². The van der Waals surface area contributed by atoms with Crippen molar-refractivity contribution in [1.82, 2.24) is 9.97 Å². The highest BCUT2D eigenvalue weighted by Gasteiger charge is 2.21. The first-order valence-corrected chi connectivity index (χ1v) is 5.59. The van der Waals surface area contributed by atoms with Gasteiger partial charge in [0.2, 0.25) is 0 Å². The van der Waals surface area contributed by atoms with Crippen LogP contribution in [0.5, 0.6) is 0 Å². The minimum Gasteiger partial charge on any atom is -0.355 e. The number of aromatic nitrogens is 2. The van der Waals surface area contributed by atoms with E-state index in [1.807, 2.05) is 0 Å². The maximum Gasteiger partial charge on any atom is 0.150 e. The molecule has 2 rings (SSSR count). The van der Waals surface area contributed by atoms with E-state index in [0.29, 0.717) is 10.9 Å². The molecule has 2 heterocycles. The lowest BCUT2D eigenvalue weighted by Crippen LogP contribution is -2.39. The van der Waals surface area contributed by atoms with Gasteiger partial charge in [0.15, 0.2) is 5.82 Å². The lowest BCUT2D eigenvalue weighted by Gasteiger charge is -2.33. The Morgan fingerprint density at radius 2 is 2.47 bits per heavy atom. The molecule has 1 atom stereocenters. The van der Waals surface area contributed by atoms with Gasteiger partial charge in [-0.2, -0.15) is 0 Å². The smallest absolute Gasteiger partial charge is 0.150 e. The third-order valence-corrected chi connectivity index (χ3v) is 3.07. The highest BCUT2D eigenvalue weighted by atomic mass is 35.5. The van der Waals surface area contributed by atoms with Gasteiger partial charge in [0.05, 0.1) is 6.20 Å². The molecular formula is C10H15ClN4. The van der Waals surface area contributed by atoms with Crippen LogP contribution < -0.4 is 10.6 Å². The van der Waals surface area contributed by atoms with Crippen molar-refractivity contribution in [2.45, 2.75) is 12.8 Å². The molecule has 5 heteroatoms. The lowest BCUT2D eigenvalue weighted by atomic mass is 9.98. The second kappa shape index (κ2) is 4.77.